The summed E-state index contributed by atoms with van der Waals surface area (Å²) in [4.78, 5) is 24.4. The maximum absolute atomic E-state index is 14.8. The van der Waals surface area contributed by atoms with Crippen LogP contribution >= 0.6 is 23.2 Å². The summed E-state index contributed by atoms with van der Waals surface area (Å²) in [6.07, 6.45) is 3.63. The van der Waals surface area contributed by atoms with Gasteiger partial charge in [-0.25, -0.2) is 13.9 Å². The van der Waals surface area contributed by atoms with E-state index >= 15 is 0 Å². The molecule has 0 saturated carbocycles. The van der Waals surface area contributed by atoms with E-state index in [1.54, 1.807) is 4.68 Å². The van der Waals surface area contributed by atoms with Crippen LogP contribution in [0, 0.1) is 5.82 Å². The molecule has 1 aromatic heterocycles. The lowest BCUT2D eigenvalue weighted by molar-refractivity contribution is -0.135. The molecule has 3 rings (SSSR count). The molecular weight excluding hydrogens is 450 g/mol. The standard InChI is InChI=1S/C21H23Cl2FN2O5/c1-3-8-30-13(9-18(27)29-2)12-31-17-10-14(16(24)11-15(17)22)19-20(23)25-6-4-5-7-26(25)21(19)28/h9-11H,3-8,12H2,1-2H3/b13-9+. The lowest BCUT2D eigenvalue weighted by Gasteiger charge is -2.17. The molecular formula is C21H23Cl2FN2O5. The van der Waals surface area contributed by atoms with Crippen LogP contribution in [0.1, 0.15) is 26.2 Å². The van der Waals surface area contributed by atoms with Crippen molar-refractivity contribution >= 4 is 29.2 Å². The Bertz CT molecular complexity index is 1060. The Balaban J connectivity index is 1.94. The molecule has 0 atom stereocenters. The van der Waals surface area contributed by atoms with Gasteiger partial charge in [0.25, 0.3) is 5.56 Å². The van der Waals surface area contributed by atoms with E-state index in [0.29, 0.717) is 19.7 Å². The molecule has 0 fully saturated rings. The molecule has 31 heavy (non-hydrogen) atoms. The van der Waals surface area contributed by atoms with E-state index in [9.17, 15) is 14.0 Å². The second-order valence-electron chi connectivity index (χ2n) is 6.96. The molecule has 0 amide bonds. The first-order valence-corrected chi connectivity index (χ1v) is 10.7. The zero-order valence-electron chi connectivity index (χ0n) is 17.3. The normalized spacial score (nSPS) is 13.6. The van der Waals surface area contributed by atoms with Crippen molar-refractivity contribution in [1.82, 2.24) is 9.36 Å². The SMILES string of the molecule is CCCO/C(=C/C(=O)OC)COc1cc(-c2c(Cl)n3n(c2=O)CCCC3)c(F)cc1Cl. The van der Waals surface area contributed by atoms with Gasteiger partial charge in [-0.2, -0.15) is 0 Å². The highest BCUT2D eigenvalue weighted by Crippen LogP contribution is 2.36. The Labute approximate surface area is 188 Å². The predicted octanol–water partition coefficient (Wildman–Crippen LogP) is 4.42. The van der Waals surface area contributed by atoms with Crippen molar-refractivity contribution in [3.05, 3.63) is 50.3 Å². The van der Waals surface area contributed by atoms with E-state index in [4.69, 9.17) is 32.7 Å². The van der Waals surface area contributed by atoms with Crippen LogP contribution in [0.2, 0.25) is 10.2 Å². The molecule has 0 N–H and O–H groups in total. The molecule has 10 heteroatoms. The molecule has 0 spiro atoms. The number of hydrogen-bond donors (Lipinski definition) is 0. The zero-order chi connectivity index (χ0) is 22.5. The van der Waals surface area contributed by atoms with Crippen LogP contribution in [0.25, 0.3) is 11.1 Å². The van der Waals surface area contributed by atoms with Gasteiger partial charge < -0.3 is 14.2 Å². The number of halogens is 3. The number of esters is 1. The number of fused-ring (bicyclic) bond motifs is 1. The highest BCUT2D eigenvalue weighted by Gasteiger charge is 2.25. The summed E-state index contributed by atoms with van der Waals surface area (Å²) in [7, 11) is 1.25. The molecule has 0 radical (unpaired) electrons. The second kappa shape index (κ2) is 10.2. The quantitative estimate of drug-likeness (QED) is 0.323. The first-order valence-electron chi connectivity index (χ1n) is 9.90. The van der Waals surface area contributed by atoms with Gasteiger partial charge in [-0.1, -0.05) is 30.1 Å². The van der Waals surface area contributed by atoms with Crippen molar-refractivity contribution in [3.63, 3.8) is 0 Å². The topological polar surface area (TPSA) is 71.7 Å². The summed E-state index contributed by atoms with van der Waals surface area (Å²) in [6.45, 7) is 3.26. The lowest BCUT2D eigenvalue weighted by atomic mass is 10.1. The van der Waals surface area contributed by atoms with Gasteiger partial charge in [-0.05, 0) is 31.4 Å². The van der Waals surface area contributed by atoms with E-state index in [-0.39, 0.29) is 45.0 Å². The Morgan fingerprint density at radius 2 is 1.94 bits per heavy atom. The van der Waals surface area contributed by atoms with Crippen LogP contribution in [0.4, 0.5) is 4.39 Å². The van der Waals surface area contributed by atoms with Crippen LogP contribution in [0.15, 0.2) is 28.8 Å². The van der Waals surface area contributed by atoms with Crippen LogP contribution in [-0.4, -0.2) is 35.7 Å². The average Bonchev–Trinajstić information content (AvgIpc) is 3.01. The lowest BCUT2D eigenvalue weighted by Crippen LogP contribution is -2.27. The van der Waals surface area contributed by atoms with E-state index < -0.39 is 11.8 Å². The van der Waals surface area contributed by atoms with Gasteiger partial charge in [-0.3, -0.25) is 9.48 Å². The number of ether oxygens (including phenoxy) is 3. The first kappa shape index (κ1) is 23.2. The van der Waals surface area contributed by atoms with Gasteiger partial charge in [0.05, 0.1) is 30.4 Å². The van der Waals surface area contributed by atoms with Crippen molar-refractivity contribution < 1.29 is 23.4 Å². The number of nitrogens with zero attached hydrogens (tertiary/aromatic N) is 2. The molecule has 2 aromatic rings. The molecule has 0 bridgehead atoms. The monoisotopic (exact) mass is 472 g/mol. The molecule has 168 valence electrons. The van der Waals surface area contributed by atoms with E-state index in [1.165, 1.54) is 23.9 Å². The van der Waals surface area contributed by atoms with Crippen LogP contribution in [0.5, 0.6) is 5.75 Å². The molecule has 0 aliphatic carbocycles. The fraction of sp³-hybridized carbons (Fsp3) is 0.429. The Hall–Kier alpha value is -2.45. The fourth-order valence-corrected chi connectivity index (χ4v) is 3.84. The number of benzene rings is 1. The summed E-state index contributed by atoms with van der Waals surface area (Å²) in [5.41, 5.74) is -0.304. The highest BCUT2D eigenvalue weighted by molar-refractivity contribution is 6.33. The number of hydrogen-bond acceptors (Lipinski definition) is 5. The molecule has 0 saturated heterocycles. The van der Waals surface area contributed by atoms with Gasteiger partial charge in [-0.15, -0.1) is 0 Å². The Kier molecular flexibility index (Phi) is 7.67. The summed E-state index contributed by atoms with van der Waals surface area (Å²) in [6, 6.07) is 2.41. The maximum atomic E-state index is 14.8. The van der Waals surface area contributed by atoms with Crippen molar-refractivity contribution in [2.24, 2.45) is 0 Å². The van der Waals surface area contributed by atoms with Crippen molar-refractivity contribution in [2.45, 2.75) is 39.3 Å². The maximum Gasteiger partial charge on any atom is 0.334 e. The first-order chi connectivity index (χ1) is 14.9. The third kappa shape index (κ3) is 5.07. The van der Waals surface area contributed by atoms with Crippen molar-refractivity contribution in [2.75, 3.05) is 20.3 Å². The van der Waals surface area contributed by atoms with Crippen LogP contribution in [0.3, 0.4) is 0 Å². The largest absolute Gasteiger partial charge is 0.494 e. The van der Waals surface area contributed by atoms with E-state index in [2.05, 4.69) is 4.74 Å². The van der Waals surface area contributed by atoms with Gasteiger partial charge in [0.1, 0.15) is 29.1 Å². The van der Waals surface area contributed by atoms with E-state index in [1.807, 2.05) is 6.92 Å². The summed E-state index contributed by atoms with van der Waals surface area (Å²) in [5, 5.41) is 0.184. The fourth-order valence-electron chi connectivity index (χ4n) is 3.28. The number of aromatic nitrogens is 2. The van der Waals surface area contributed by atoms with Gasteiger partial charge >= 0.3 is 5.97 Å². The molecule has 1 aliphatic heterocycles. The summed E-state index contributed by atoms with van der Waals surface area (Å²) in [5.74, 6) is -0.932. The minimum atomic E-state index is -0.688. The number of carbonyl (C=O) groups excluding carboxylic acids is 1. The number of rotatable bonds is 8. The molecule has 2 heterocycles. The van der Waals surface area contributed by atoms with Gasteiger partial charge in [0.15, 0.2) is 0 Å². The van der Waals surface area contributed by atoms with Gasteiger partial charge in [0, 0.05) is 18.7 Å². The van der Waals surface area contributed by atoms with Gasteiger partial charge in [0.2, 0.25) is 0 Å². The zero-order valence-corrected chi connectivity index (χ0v) is 18.8. The smallest absolute Gasteiger partial charge is 0.334 e. The summed E-state index contributed by atoms with van der Waals surface area (Å²) >= 11 is 12.6. The third-order valence-electron chi connectivity index (χ3n) is 4.79. The second-order valence-corrected chi connectivity index (χ2v) is 7.72. The van der Waals surface area contributed by atoms with Crippen molar-refractivity contribution in [1.29, 1.82) is 0 Å². The molecule has 7 nitrogen and oxygen atoms in total. The molecule has 1 aromatic carbocycles. The Morgan fingerprint density at radius 1 is 1.23 bits per heavy atom. The third-order valence-corrected chi connectivity index (χ3v) is 5.47. The minimum Gasteiger partial charge on any atom is -0.494 e. The predicted molar refractivity (Wildman–Crippen MR) is 115 cm³/mol. The Morgan fingerprint density at radius 3 is 2.58 bits per heavy atom. The van der Waals surface area contributed by atoms with Crippen LogP contribution in [-0.2, 0) is 27.4 Å². The number of carbonyl (C=O) groups is 1. The number of methoxy groups -OCH3 is 1. The van der Waals surface area contributed by atoms with E-state index in [0.717, 1.165) is 25.3 Å². The molecule has 0 unspecified atom stereocenters. The average molecular weight is 473 g/mol. The minimum absolute atomic E-state index is 0.00299. The molecule has 1 aliphatic rings. The van der Waals surface area contributed by atoms with Crippen molar-refractivity contribution in [3.8, 4) is 16.9 Å². The van der Waals surface area contributed by atoms with Crippen LogP contribution < -0.4 is 10.3 Å². The summed E-state index contributed by atoms with van der Waals surface area (Å²) < 4.78 is 33.7. The highest BCUT2D eigenvalue weighted by atomic mass is 35.5.